The van der Waals surface area contributed by atoms with Gasteiger partial charge in [-0.25, -0.2) is 0 Å². The van der Waals surface area contributed by atoms with Crippen molar-refractivity contribution in [2.24, 2.45) is 5.41 Å². The highest BCUT2D eigenvalue weighted by atomic mass is 15.2. The van der Waals surface area contributed by atoms with Gasteiger partial charge >= 0.3 is 0 Å². The van der Waals surface area contributed by atoms with Crippen molar-refractivity contribution in [3.63, 3.8) is 0 Å². The Morgan fingerprint density at radius 1 is 1.35 bits per heavy atom. The Labute approximate surface area is 105 Å². The SMILES string of the molecule is CC1(CNC2CCN(C3CC3)C2)CCCNC1. The number of rotatable bonds is 4. The van der Waals surface area contributed by atoms with Crippen LogP contribution in [0, 0.1) is 5.41 Å². The van der Waals surface area contributed by atoms with E-state index in [0.717, 1.165) is 12.1 Å². The lowest BCUT2D eigenvalue weighted by Crippen LogP contribution is -2.47. The van der Waals surface area contributed by atoms with E-state index in [4.69, 9.17) is 0 Å². The van der Waals surface area contributed by atoms with E-state index < -0.39 is 0 Å². The van der Waals surface area contributed by atoms with Gasteiger partial charge in [-0.05, 0) is 44.1 Å². The number of hydrogen-bond donors (Lipinski definition) is 2. The molecule has 0 aromatic carbocycles. The zero-order chi connectivity index (χ0) is 11.7. The molecule has 0 spiro atoms. The molecule has 2 atom stereocenters. The van der Waals surface area contributed by atoms with Crippen molar-refractivity contribution in [3.05, 3.63) is 0 Å². The van der Waals surface area contributed by atoms with Gasteiger partial charge < -0.3 is 10.6 Å². The summed E-state index contributed by atoms with van der Waals surface area (Å²) < 4.78 is 0. The lowest BCUT2D eigenvalue weighted by atomic mass is 9.82. The monoisotopic (exact) mass is 237 g/mol. The third-order valence-corrected chi connectivity index (χ3v) is 4.79. The minimum atomic E-state index is 0.491. The van der Waals surface area contributed by atoms with Gasteiger partial charge in [-0.1, -0.05) is 6.92 Å². The second-order valence-corrected chi connectivity index (χ2v) is 6.68. The van der Waals surface area contributed by atoms with Crippen LogP contribution in [0.3, 0.4) is 0 Å². The highest BCUT2D eigenvalue weighted by Crippen LogP contribution is 2.30. The summed E-state index contributed by atoms with van der Waals surface area (Å²) in [7, 11) is 0. The van der Waals surface area contributed by atoms with Crippen LogP contribution in [0.1, 0.15) is 39.0 Å². The second-order valence-electron chi connectivity index (χ2n) is 6.68. The molecule has 1 aliphatic carbocycles. The summed E-state index contributed by atoms with van der Waals surface area (Å²) in [5.41, 5.74) is 0.491. The van der Waals surface area contributed by atoms with E-state index in [9.17, 15) is 0 Å². The Balaban J connectivity index is 1.41. The minimum absolute atomic E-state index is 0.491. The van der Waals surface area contributed by atoms with Crippen LogP contribution < -0.4 is 10.6 Å². The summed E-state index contributed by atoms with van der Waals surface area (Å²) in [6.07, 6.45) is 6.99. The van der Waals surface area contributed by atoms with Crippen LogP contribution in [0.25, 0.3) is 0 Å². The van der Waals surface area contributed by atoms with E-state index in [1.807, 2.05) is 0 Å². The second kappa shape index (κ2) is 4.87. The summed E-state index contributed by atoms with van der Waals surface area (Å²) in [5, 5.41) is 7.36. The molecule has 0 aromatic rings. The van der Waals surface area contributed by atoms with Gasteiger partial charge in [-0.2, -0.15) is 0 Å². The average Bonchev–Trinajstić information content (AvgIpc) is 3.07. The summed E-state index contributed by atoms with van der Waals surface area (Å²) in [4.78, 5) is 2.69. The van der Waals surface area contributed by atoms with Crippen molar-refractivity contribution in [2.75, 3.05) is 32.7 Å². The molecule has 2 unspecified atom stereocenters. The topological polar surface area (TPSA) is 27.3 Å². The van der Waals surface area contributed by atoms with Crippen LogP contribution in [0.15, 0.2) is 0 Å². The van der Waals surface area contributed by atoms with E-state index in [2.05, 4.69) is 22.5 Å². The van der Waals surface area contributed by atoms with Gasteiger partial charge in [-0.3, -0.25) is 4.90 Å². The number of piperidine rings is 1. The molecule has 0 aromatic heterocycles. The molecule has 2 N–H and O–H groups in total. The molecule has 3 rings (SSSR count). The molecule has 3 aliphatic rings. The van der Waals surface area contributed by atoms with Gasteiger partial charge in [0.1, 0.15) is 0 Å². The number of likely N-dealkylation sites (tertiary alicyclic amines) is 1. The van der Waals surface area contributed by atoms with Crippen LogP contribution in [0.2, 0.25) is 0 Å². The predicted molar refractivity (Wildman–Crippen MR) is 71.2 cm³/mol. The van der Waals surface area contributed by atoms with Crippen molar-refractivity contribution in [2.45, 2.75) is 51.1 Å². The van der Waals surface area contributed by atoms with Crippen LogP contribution >= 0.6 is 0 Å². The van der Waals surface area contributed by atoms with Crippen molar-refractivity contribution >= 4 is 0 Å². The first-order valence-electron chi connectivity index (χ1n) is 7.43. The fourth-order valence-electron chi connectivity index (χ4n) is 3.39. The molecular formula is C14H27N3. The Hall–Kier alpha value is -0.120. The third kappa shape index (κ3) is 3.01. The Bertz CT molecular complexity index is 256. The first kappa shape index (κ1) is 11.9. The zero-order valence-electron chi connectivity index (χ0n) is 11.2. The van der Waals surface area contributed by atoms with Crippen LogP contribution in [-0.4, -0.2) is 49.7 Å². The van der Waals surface area contributed by atoms with Gasteiger partial charge in [0.2, 0.25) is 0 Å². The van der Waals surface area contributed by atoms with Crippen molar-refractivity contribution in [1.82, 2.24) is 15.5 Å². The van der Waals surface area contributed by atoms with Crippen LogP contribution in [0.4, 0.5) is 0 Å². The molecule has 3 fully saturated rings. The normalized spacial score (nSPS) is 39.7. The molecule has 0 bridgehead atoms. The van der Waals surface area contributed by atoms with E-state index in [-0.39, 0.29) is 0 Å². The smallest absolute Gasteiger partial charge is 0.0207 e. The predicted octanol–water partition coefficient (Wildman–Crippen LogP) is 1.20. The van der Waals surface area contributed by atoms with Gasteiger partial charge in [0.15, 0.2) is 0 Å². The molecular weight excluding hydrogens is 210 g/mol. The molecule has 2 aliphatic heterocycles. The van der Waals surface area contributed by atoms with Gasteiger partial charge in [0.25, 0.3) is 0 Å². The number of hydrogen-bond acceptors (Lipinski definition) is 3. The molecule has 98 valence electrons. The van der Waals surface area contributed by atoms with Crippen molar-refractivity contribution in [1.29, 1.82) is 0 Å². The molecule has 3 heteroatoms. The Morgan fingerprint density at radius 3 is 2.94 bits per heavy atom. The quantitative estimate of drug-likeness (QED) is 0.769. The maximum absolute atomic E-state index is 3.82. The summed E-state index contributed by atoms with van der Waals surface area (Å²) in [6.45, 7) is 8.67. The molecule has 2 saturated heterocycles. The maximum Gasteiger partial charge on any atom is 0.0207 e. The Morgan fingerprint density at radius 2 is 2.24 bits per heavy atom. The zero-order valence-corrected chi connectivity index (χ0v) is 11.2. The van der Waals surface area contributed by atoms with Crippen molar-refractivity contribution in [3.8, 4) is 0 Å². The van der Waals surface area contributed by atoms with Crippen molar-refractivity contribution < 1.29 is 0 Å². The number of nitrogens with one attached hydrogen (secondary N) is 2. The lowest BCUT2D eigenvalue weighted by molar-refractivity contribution is 0.216. The maximum atomic E-state index is 3.82. The van der Waals surface area contributed by atoms with Gasteiger partial charge in [-0.15, -0.1) is 0 Å². The van der Waals surface area contributed by atoms with E-state index in [0.29, 0.717) is 5.41 Å². The van der Waals surface area contributed by atoms with Crippen LogP contribution in [-0.2, 0) is 0 Å². The first-order chi connectivity index (χ1) is 8.25. The lowest BCUT2D eigenvalue weighted by Gasteiger charge is -2.35. The standard InChI is InChI=1S/C14H27N3/c1-14(6-2-7-15-10-14)11-16-12-5-8-17(9-12)13-3-4-13/h12-13,15-16H,2-11H2,1H3. The molecule has 0 amide bonds. The highest BCUT2D eigenvalue weighted by Gasteiger charge is 2.35. The molecule has 0 radical (unpaired) electrons. The minimum Gasteiger partial charge on any atom is -0.316 e. The van der Waals surface area contributed by atoms with Crippen LogP contribution in [0.5, 0.6) is 0 Å². The first-order valence-corrected chi connectivity index (χ1v) is 7.43. The van der Waals surface area contributed by atoms with E-state index in [1.165, 1.54) is 64.8 Å². The average molecular weight is 237 g/mol. The molecule has 1 saturated carbocycles. The number of nitrogens with zero attached hydrogens (tertiary/aromatic N) is 1. The van der Waals surface area contributed by atoms with Gasteiger partial charge in [0, 0.05) is 38.3 Å². The third-order valence-electron chi connectivity index (χ3n) is 4.79. The summed E-state index contributed by atoms with van der Waals surface area (Å²) in [5.74, 6) is 0. The van der Waals surface area contributed by atoms with E-state index >= 15 is 0 Å². The largest absolute Gasteiger partial charge is 0.316 e. The Kier molecular flexibility index (Phi) is 3.42. The molecule has 2 heterocycles. The fourth-order valence-corrected chi connectivity index (χ4v) is 3.39. The molecule has 17 heavy (non-hydrogen) atoms. The molecule has 3 nitrogen and oxygen atoms in total. The van der Waals surface area contributed by atoms with Gasteiger partial charge in [0.05, 0.1) is 0 Å². The highest BCUT2D eigenvalue weighted by molar-refractivity contribution is 4.93. The summed E-state index contributed by atoms with van der Waals surface area (Å²) in [6, 6.07) is 1.71. The van der Waals surface area contributed by atoms with E-state index in [1.54, 1.807) is 0 Å². The fraction of sp³-hybridized carbons (Fsp3) is 1.00. The summed E-state index contributed by atoms with van der Waals surface area (Å²) >= 11 is 0.